The standard InChI is InChI=1S/C21H28N2O4S2/c1-15(2)27-19-9-5-4-7-17(19)13-22-21(24)18-8-6-12-23(14-18)29(25,26)20-11-10-16(3)28-20/h4-5,7,9-11,15,18H,6,8,12-14H2,1-3H3,(H,22,24). The van der Waals surface area contributed by atoms with E-state index in [2.05, 4.69) is 5.32 Å². The molecule has 1 N–H and O–H groups in total. The Morgan fingerprint density at radius 2 is 2.03 bits per heavy atom. The highest BCUT2D eigenvalue weighted by molar-refractivity contribution is 7.91. The van der Waals surface area contributed by atoms with Gasteiger partial charge in [0, 0.05) is 30.1 Å². The molecular weight excluding hydrogens is 408 g/mol. The lowest BCUT2D eigenvalue weighted by atomic mass is 9.98. The first-order valence-corrected chi connectivity index (χ1v) is 12.1. The summed E-state index contributed by atoms with van der Waals surface area (Å²) >= 11 is 1.27. The molecule has 6 nitrogen and oxygen atoms in total. The van der Waals surface area contributed by atoms with E-state index in [4.69, 9.17) is 4.74 Å². The van der Waals surface area contributed by atoms with Crippen LogP contribution < -0.4 is 10.1 Å². The van der Waals surface area contributed by atoms with E-state index in [1.54, 1.807) is 6.07 Å². The van der Waals surface area contributed by atoms with Crippen molar-refractivity contribution < 1.29 is 17.9 Å². The van der Waals surface area contributed by atoms with Gasteiger partial charge >= 0.3 is 0 Å². The summed E-state index contributed by atoms with van der Waals surface area (Å²) < 4.78 is 33.4. The molecule has 1 aromatic heterocycles. The van der Waals surface area contributed by atoms with Crippen LogP contribution in [0, 0.1) is 12.8 Å². The Hall–Kier alpha value is -1.90. The molecule has 158 valence electrons. The molecule has 0 bridgehead atoms. The lowest BCUT2D eigenvalue weighted by Gasteiger charge is -2.30. The predicted octanol–water partition coefficient (Wildman–Crippen LogP) is 3.56. The topological polar surface area (TPSA) is 75.7 Å². The number of para-hydroxylation sites is 1. The highest BCUT2D eigenvalue weighted by Crippen LogP contribution is 2.28. The molecule has 2 heterocycles. The summed E-state index contributed by atoms with van der Waals surface area (Å²) in [7, 11) is -3.54. The minimum absolute atomic E-state index is 0.0462. The Morgan fingerprint density at radius 3 is 2.72 bits per heavy atom. The molecule has 2 aromatic rings. The molecule has 8 heteroatoms. The number of hydrogen-bond donors (Lipinski definition) is 1. The number of carbonyl (C=O) groups is 1. The fourth-order valence-electron chi connectivity index (χ4n) is 3.40. The monoisotopic (exact) mass is 436 g/mol. The van der Waals surface area contributed by atoms with Crippen molar-refractivity contribution in [2.24, 2.45) is 5.92 Å². The van der Waals surface area contributed by atoms with E-state index < -0.39 is 10.0 Å². The Balaban J connectivity index is 1.63. The van der Waals surface area contributed by atoms with Crippen molar-refractivity contribution in [2.75, 3.05) is 13.1 Å². The predicted molar refractivity (Wildman–Crippen MR) is 115 cm³/mol. The lowest BCUT2D eigenvalue weighted by Crippen LogP contribution is -2.45. The molecule has 29 heavy (non-hydrogen) atoms. The van der Waals surface area contributed by atoms with Crippen LogP contribution in [0.2, 0.25) is 0 Å². The molecule has 1 atom stereocenters. The molecule has 1 amide bonds. The van der Waals surface area contributed by atoms with Crippen LogP contribution >= 0.6 is 11.3 Å². The minimum atomic E-state index is -3.54. The van der Waals surface area contributed by atoms with Gasteiger partial charge in [-0.3, -0.25) is 4.79 Å². The highest BCUT2D eigenvalue weighted by atomic mass is 32.2. The zero-order valence-electron chi connectivity index (χ0n) is 17.1. The Labute approximate surface area is 176 Å². The van der Waals surface area contributed by atoms with Gasteiger partial charge in [-0.25, -0.2) is 8.42 Å². The van der Waals surface area contributed by atoms with Crippen LogP contribution in [0.5, 0.6) is 5.75 Å². The zero-order chi connectivity index (χ0) is 21.0. The van der Waals surface area contributed by atoms with Gasteiger partial charge in [0.1, 0.15) is 9.96 Å². The van der Waals surface area contributed by atoms with Crippen molar-refractivity contribution in [3.63, 3.8) is 0 Å². The van der Waals surface area contributed by atoms with Gasteiger partial charge in [0.2, 0.25) is 5.91 Å². The fourth-order valence-corrected chi connectivity index (χ4v) is 6.36. The summed E-state index contributed by atoms with van der Waals surface area (Å²) in [5, 5.41) is 2.96. The number of piperidine rings is 1. The molecule has 1 saturated heterocycles. The second kappa shape index (κ2) is 9.28. The first kappa shape index (κ1) is 21.8. The summed E-state index contributed by atoms with van der Waals surface area (Å²) in [6.07, 6.45) is 1.41. The van der Waals surface area contributed by atoms with E-state index in [1.165, 1.54) is 15.6 Å². The summed E-state index contributed by atoms with van der Waals surface area (Å²) in [6, 6.07) is 11.1. The number of sulfonamides is 1. The van der Waals surface area contributed by atoms with Crippen molar-refractivity contribution in [2.45, 2.75) is 50.5 Å². The summed E-state index contributed by atoms with van der Waals surface area (Å²) in [5.41, 5.74) is 0.906. The number of benzene rings is 1. The number of nitrogens with one attached hydrogen (secondary N) is 1. The average molecular weight is 437 g/mol. The lowest BCUT2D eigenvalue weighted by molar-refractivity contribution is -0.126. The van der Waals surface area contributed by atoms with Gasteiger partial charge in [0.15, 0.2) is 0 Å². The number of aryl methyl sites for hydroxylation is 1. The van der Waals surface area contributed by atoms with Crippen LogP contribution in [0.3, 0.4) is 0 Å². The van der Waals surface area contributed by atoms with Crippen molar-refractivity contribution in [1.29, 1.82) is 0 Å². The number of ether oxygens (including phenoxy) is 1. The number of nitrogens with zero attached hydrogens (tertiary/aromatic N) is 1. The summed E-state index contributed by atoms with van der Waals surface area (Å²) in [4.78, 5) is 13.7. The van der Waals surface area contributed by atoms with Gasteiger partial charge in [-0.1, -0.05) is 18.2 Å². The van der Waals surface area contributed by atoms with Crippen molar-refractivity contribution in [1.82, 2.24) is 9.62 Å². The van der Waals surface area contributed by atoms with E-state index in [-0.39, 0.29) is 24.5 Å². The molecule has 0 aliphatic carbocycles. The molecule has 0 spiro atoms. The number of rotatable bonds is 7. The number of carbonyl (C=O) groups excluding carboxylic acids is 1. The van der Waals surface area contributed by atoms with Crippen molar-refractivity contribution in [3.05, 3.63) is 46.8 Å². The van der Waals surface area contributed by atoms with Gasteiger partial charge in [-0.15, -0.1) is 11.3 Å². The maximum atomic E-state index is 12.9. The Morgan fingerprint density at radius 1 is 1.28 bits per heavy atom. The van der Waals surface area contributed by atoms with Crippen LogP contribution in [0.15, 0.2) is 40.6 Å². The molecule has 1 aliphatic heterocycles. The number of amides is 1. The Bertz CT molecular complexity index is 953. The van der Waals surface area contributed by atoms with Crippen molar-refractivity contribution >= 4 is 27.3 Å². The Kier molecular flexibility index (Phi) is 6.97. The molecule has 3 rings (SSSR count). The van der Waals surface area contributed by atoms with Crippen LogP contribution in [-0.4, -0.2) is 37.8 Å². The third-order valence-electron chi connectivity index (χ3n) is 4.85. The summed E-state index contributed by atoms with van der Waals surface area (Å²) in [5.74, 6) is 0.285. The molecule has 1 aliphatic rings. The second-order valence-corrected chi connectivity index (χ2v) is 11.0. The first-order chi connectivity index (χ1) is 13.8. The quantitative estimate of drug-likeness (QED) is 0.720. The van der Waals surface area contributed by atoms with Crippen LogP contribution in [-0.2, 0) is 21.4 Å². The van der Waals surface area contributed by atoms with Gasteiger partial charge in [-0.2, -0.15) is 4.31 Å². The zero-order valence-corrected chi connectivity index (χ0v) is 18.7. The van der Waals surface area contributed by atoms with Gasteiger partial charge in [-0.05, 0) is 51.8 Å². The molecule has 1 aromatic carbocycles. The van der Waals surface area contributed by atoms with Crippen LogP contribution in [0.4, 0.5) is 0 Å². The molecular formula is C21H28N2O4S2. The maximum Gasteiger partial charge on any atom is 0.252 e. The van der Waals surface area contributed by atoms with Gasteiger partial charge in [0.25, 0.3) is 10.0 Å². The minimum Gasteiger partial charge on any atom is -0.491 e. The van der Waals surface area contributed by atoms with Crippen LogP contribution in [0.1, 0.15) is 37.1 Å². The van der Waals surface area contributed by atoms with Gasteiger partial charge < -0.3 is 10.1 Å². The molecule has 1 fully saturated rings. The third-order valence-corrected chi connectivity index (χ3v) is 8.19. The smallest absolute Gasteiger partial charge is 0.252 e. The molecule has 1 unspecified atom stereocenters. The normalized spacial score (nSPS) is 18.0. The molecule has 0 saturated carbocycles. The molecule has 0 radical (unpaired) electrons. The van der Waals surface area contributed by atoms with Gasteiger partial charge in [0.05, 0.1) is 12.0 Å². The summed E-state index contributed by atoms with van der Waals surface area (Å²) in [6.45, 7) is 6.83. The SMILES string of the molecule is Cc1ccc(S(=O)(=O)N2CCCC(C(=O)NCc3ccccc3OC(C)C)C2)s1. The fraction of sp³-hybridized carbons (Fsp3) is 0.476. The average Bonchev–Trinajstić information content (AvgIpc) is 3.14. The largest absolute Gasteiger partial charge is 0.491 e. The van der Waals surface area contributed by atoms with Crippen LogP contribution in [0.25, 0.3) is 0 Å². The first-order valence-electron chi connectivity index (χ1n) is 9.86. The number of thiophene rings is 1. The third kappa shape index (κ3) is 5.38. The van der Waals surface area contributed by atoms with E-state index in [0.717, 1.165) is 16.2 Å². The van der Waals surface area contributed by atoms with E-state index in [9.17, 15) is 13.2 Å². The van der Waals surface area contributed by atoms with E-state index in [1.807, 2.05) is 51.1 Å². The van der Waals surface area contributed by atoms with E-state index in [0.29, 0.717) is 30.1 Å². The highest BCUT2D eigenvalue weighted by Gasteiger charge is 2.34. The number of hydrogen-bond acceptors (Lipinski definition) is 5. The second-order valence-electron chi connectivity index (χ2n) is 7.56. The maximum absolute atomic E-state index is 12.9. The van der Waals surface area contributed by atoms with Crippen molar-refractivity contribution in [3.8, 4) is 5.75 Å². The van der Waals surface area contributed by atoms with E-state index >= 15 is 0 Å².